The molecule has 2 aromatic carbocycles. The predicted octanol–water partition coefficient (Wildman–Crippen LogP) is 2.50. The van der Waals surface area contributed by atoms with Crippen LogP contribution in [-0.4, -0.2) is 62.6 Å². The van der Waals surface area contributed by atoms with E-state index >= 15 is 0 Å². The number of nitro benzene ring substituents is 1. The van der Waals surface area contributed by atoms with Crippen molar-refractivity contribution in [3.8, 4) is 5.69 Å². The summed E-state index contributed by atoms with van der Waals surface area (Å²) in [4.78, 5) is 41.8. The van der Waals surface area contributed by atoms with Gasteiger partial charge in [-0.25, -0.2) is 9.67 Å². The van der Waals surface area contributed by atoms with Crippen LogP contribution in [0.3, 0.4) is 0 Å². The number of benzene rings is 2. The number of anilines is 1. The Bertz CT molecular complexity index is 1110. The van der Waals surface area contributed by atoms with Gasteiger partial charge >= 0.3 is 0 Å². The van der Waals surface area contributed by atoms with E-state index in [1.807, 2.05) is 0 Å². The van der Waals surface area contributed by atoms with E-state index in [0.29, 0.717) is 17.8 Å². The maximum Gasteiger partial charge on any atom is 0.295 e. The van der Waals surface area contributed by atoms with Gasteiger partial charge in [0, 0.05) is 36.0 Å². The van der Waals surface area contributed by atoms with E-state index in [1.54, 1.807) is 24.3 Å². The van der Waals surface area contributed by atoms with Crippen LogP contribution in [0.1, 0.15) is 34.6 Å². The Morgan fingerprint density at radius 3 is 2.36 bits per heavy atom. The molecule has 3 rings (SSSR count). The van der Waals surface area contributed by atoms with Gasteiger partial charge in [0.2, 0.25) is 0 Å². The smallest absolute Gasteiger partial charge is 0.295 e. The molecule has 0 atom stereocenters. The number of hydrogen-bond donors (Lipinski definition) is 2. The second kappa shape index (κ2) is 11.0. The molecule has 0 saturated heterocycles. The fourth-order valence-electron chi connectivity index (χ4n) is 3.21. The highest BCUT2D eigenvalue weighted by Gasteiger charge is 2.19. The van der Waals surface area contributed by atoms with Crippen LogP contribution in [-0.2, 0) is 0 Å². The number of amides is 2. The lowest BCUT2D eigenvalue weighted by Crippen LogP contribution is -2.34. The van der Waals surface area contributed by atoms with Crippen molar-refractivity contribution in [1.29, 1.82) is 0 Å². The van der Waals surface area contributed by atoms with Crippen molar-refractivity contribution in [3.05, 3.63) is 76.4 Å². The minimum absolute atomic E-state index is 0.115. The highest BCUT2D eigenvalue weighted by molar-refractivity contribution is 6.05. The second-order valence-electron chi connectivity index (χ2n) is 7.11. The fourth-order valence-corrected chi connectivity index (χ4v) is 3.21. The Hall–Kier alpha value is -4.12. The van der Waals surface area contributed by atoms with Crippen molar-refractivity contribution in [1.82, 2.24) is 25.0 Å². The topological polar surface area (TPSA) is 135 Å². The number of hydrogen-bond acceptors (Lipinski definition) is 7. The molecule has 1 heterocycles. The van der Waals surface area contributed by atoms with E-state index < -0.39 is 10.8 Å². The first kappa shape index (κ1) is 23.5. The van der Waals surface area contributed by atoms with E-state index in [-0.39, 0.29) is 22.8 Å². The molecule has 1 aromatic heterocycles. The number of aromatic nitrogens is 3. The summed E-state index contributed by atoms with van der Waals surface area (Å²) in [6.45, 7) is 7.31. The number of nitrogens with zero attached hydrogens (tertiary/aromatic N) is 5. The average Bonchev–Trinajstić information content (AvgIpc) is 3.36. The Kier molecular flexibility index (Phi) is 7.82. The third-order valence-electron chi connectivity index (χ3n) is 5.11. The zero-order valence-corrected chi connectivity index (χ0v) is 18.4. The van der Waals surface area contributed by atoms with Crippen molar-refractivity contribution in [3.63, 3.8) is 0 Å². The molecule has 0 fully saturated rings. The van der Waals surface area contributed by atoms with Crippen LogP contribution >= 0.6 is 0 Å². The van der Waals surface area contributed by atoms with E-state index in [0.717, 1.165) is 19.6 Å². The standard InChI is InChI=1S/C22H25N7O4/c1-3-27(4-2)12-11-24-21(30)16-5-8-18(9-6-16)26-22(31)17-7-10-19(20(13-17)29(32)33)28-15-23-14-25-28/h5-10,13-15H,3-4,11-12H2,1-2H3,(H,24,30)(H,26,31). The number of nitro groups is 1. The Balaban J connectivity index is 1.64. The molecule has 3 aromatic rings. The highest BCUT2D eigenvalue weighted by Crippen LogP contribution is 2.24. The summed E-state index contributed by atoms with van der Waals surface area (Å²) < 4.78 is 1.26. The Morgan fingerprint density at radius 2 is 1.76 bits per heavy atom. The number of nitrogens with one attached hydrogen (secondary N) is 2. The molecular formula is C22H25N7O4. The normalized spacial score (nSPS) is 10.8. The van der Waals surface area contributed by atoms with Crippen LogP contribution in [0, 0.1) is 10.1 Å². The third kappa shape index (κ3) is 5.98. The summed E-state index contributed by atoms with van der Waals surface area (Å²) in [5, 5.41) is 20.9. The van der Waals surface area contributed by atoms with Gasteiger partial charge in [-0.15, -0.1) is 0 Å². The van der Waals surface area contributed by atoms with Crippen LogP contribution in [0.4, 0.5) is 11.4 Å². The van der Waals surface area contributed by atoms with Crippen molar-refractivity contribution < 1.29 is 14.5 Å². The predicted molar refractivity (Wildman–Crippen MR) is 123 cm³/mol. The number of likely N-dealkylation sites (N-methyl/N-ethyl adjacent to an activating group) is 1. The zero-order chi connectivity index (χ0) is 23.8. The fraction of sp³-hybridized carbons (Fsp3) is 0.273. The van der Waals surface area contributed by atoms with Crippen molar-refractivity contribution in [2.75, 3.05) is 31.5 Å². The van der Waals surface area contributed by atoms with Crippen molar-refractivity contribution in [2.24, 2.45) is 0 Å². The Morgan fingerprint density at radius 1 is 1.06 bits per heavy atom. The molecule has 11 heteroatoms. The quantitative estimate of drug-likeness (QED) is 0.357. The molecule has 2 N–H and O–H groups in total. The van der Waals surface area contributed by atoms with Gasteiger partial charge in [0.15, 0.2) is 0 Å². The molecular weight excluding hydrogens is 426 g/mol. The van der Waals surface area contributed by atoms with E-state index in [4.69, 9.17) is 0 Å². The molecule has 0 aliphatic heterocycles. The molecule has 172 valence electrons. The summed E-state index contributed by atoms with van der Waals surface area (Å²) in [5.74, 6) is -0.709. The molecule has 33 heavy (non-hydrogen) atoms. The van der Waals surface area contributed by atoms with Gasteiger partial charge < -0.3 is 15.5 Å². The first-order chi connectivity index (χ1) is 15.9. The third-order valence-corrected chi connectivity index (χ3v) is 5.11. The minimum Gasteiger partial charge on any atom is -0.351 e. The Labute approximate surface area is 190 Å². The second-order valence-corrected chi connectivity index (χ2v) is 7.11. The summed E-state index contributed by atoms with van der Waals surface area (Å²) in [6.07, 6.45) is 2.60. The monoisotopic (exact) mass is 451 g/mol. The molecule has 0 saturated carbocycles. The molecule has 0 radical (unpaired) electrons. The maximum atomic E-state index is 12.6. The summed E-state index contributed by atoms with van der Waals surface area (Å²) in [5.41, 5.74) is 0.974. The van der Waals surface area contributed by atoms with Gasteiger partial charge in [-0.1, -0.05) is 13.8 Å². The van der Waals surface area contributed by atoms with Crippen molar-refractivity contribution in [2.45, 2.75) is 13.8 Å². The first-order valence-corrected chi connectivity index (χ1v) is 10.5. The number of carbonyl (C=O) groups is 2. The van der Waals surface area contributed by atoms with E-state index in [9.17, 15) is 19.7 Å². The van der Waals surface area contributed by atoms with Gasteiger partial charge in [0.25, 0.3) is 17.5 Å². The van der Waals surface area contributed by atoms with Gasteiger partial charge in [0.05, 0.1) is 4.92 Å². The maximum absolute atomic E-state index is 12.6. The van der Waals surface area contributed by atoms with Crippen molar-refractivity contribution >= 4 is 23.2 Å². The van der Waals surface area contributed by atoms with Crippen LogP contribution in [0.15, 0.2) is 55.1 Å². The van der Waals surface area contributed by atoms with E-state index in [1.165, 1.54) is 35.5 Å². The van der Waals surface area contributed by atoms with Crippen LogP contribution in [0.5, 0.6) is 0 Å². The van der Waals surface area contributed by atoms with Gasteiger partial charge in [0.1, 0.15) is 18.3 Å². The summed E-state index contributed by atoms with van der Waals surface area (Å²) in [7, 11) is 0. The SMILES string of the molecule is CCN(CC)CCNC(=O)c1ccc(NC(=O)c2ccc(-n3cncn3)c([N+](=O)[O-])c2)cc1. The minimum atomic E-state index is -0.582. The highest BCUT2D eigenvalue weighted by atomic mass is 16.6. The van der Waals surface area contributed by atoms with Crippen LogP contribution < -0.4 is 10.6 Å². The summed E-state index contributed by atoms with van der Waals surface area (Å²) >= 11 is 0. The largest absolute Gasteiger partial charge is 0.351 e. The lowest BCUT2D eigenvalue weighted by atomic mass is 10.1. The molecule has 0 aliphatic carbocycles. The number of rotatable bonds is 10. The molecule has 11 nitrogen and oxygen atoms in total. The van der Waals surface area contributed by atoms with E-state index in [2.05, 4.69) is 39.5 Å². The first-order valence-electron chi connectivity index (χ1n) is 10.5. The number of carbonyl (C=O) groups excluding carboxylic acids is 2. The molecule has 2 amide bonds. The van der Waals surface area contributed by atoms with Crippen LogP contribution in [0.25, 0.3) is 5.69 Å². The molecule has 0 aliphatic rings. The lowest BCUT2D eigenvalue weighted by molar-refractivity contribution is -0.384. The zero-order valence-electron chi connectivity index (χ0n) is 18.4. The van der Waals surface area contributed by atoms with Gasteiger partial charge in [-0.3, -0.25) is 19.7 Å². The average molecular weight is 451 g/mol. The molecule has 0 spiro atoms. The molecule has 0 unspecified atom stereocenters. The van der Waals surface area contributed by atoms with Gasteiger partial charge in [-0.2, -0.15) is 5.10 Å². The molecule has 0 bridgehead atoms. The summed E-state index contributed by atoms with van der Waals surface area (Å²) in [6, 6.07) is 10.5. The van der Waals surface area contributed by atoms with Crippen LogP contribution in [0.2, 0.25) is 0 Å². The lowest BCUT2D eigenvalue weighted by Gasteiger charge is -2.18. The van der Waals surface area contributed by atoms with Gasteiger partial charge in [-0.05, 0) is 49.5 Å².